The highest BCUT2D eigenvalue weighted by molar-refractivity contribution is 5.88. The maximum absolute atomic E-state index is 11.7. The fourth-order valence-electron chi connectivity index (χ4n) is 1.91. The second-order valence-electron chi connectivity index (χ2n) is 4.49. The molecule has 0 aromatic rings. The van der Waals surface area contributed by atoms with Gasteiger partial charge in [0, 0.05) is 19.4 Å². The number of likely N-dealkylation sites (tertiary alicyclic amines) is 1. The normalized spacial score (nSPS) is 15.8. The molecule has 1 aliphatic rings. The summed E-state index contributed by atoms with van der Waals surface area (Å²) in [6.45, 7) is 0.354. The second kappa shape index (κ2) is 7.46. The summed E-state index contributed by atoms with van der Waals surface area (Å²) in [6, 6.07) is -1.17. The van der Waals surface area contributed by atoms with Crippen molar-refractivity contribution in [2.45, 2.75) is 31.7 Å². The average Bonchev–Trinajstić information content (AvgIpc) is 2.79. The van der Waals surface area contributed by atoms with Gasteiger partial charge in [-0.3, -0.25) is 14.4 Å². The van der Waals surface area contributed by atoms with Crippen molar-refractivity contribution in [3.63, 3.8) is 0 Å². The topological polar surface area (TPSA) is 113 Å². The molecule has 0 aliphatic carbocycles. The second-order valence-corrected chi connectivity index (χ2v) is 4.49. The molecule has 1 rings (SSSR count). The van der Waals surface area contributed by atoms with Gasteiger partial charge in [-0.25, -0.2) is 4.79 Å². The van der Waals surface area contributed by atoms with E-state index in [9.17, 15) is 19.2 Å². The minimum Gasteiger partial charge on any atom is -0.480 e. The highest BCUT2D eigenvalue weighted by Gasteiger charge is 2.25. The molecule has 20 heavy (non-hydrogen) atoms. The Morgan fingerprint density at radius 2 is 2.15 bits per heavy atom. The van der Waals surface area contributed by atoms with Gasteiger partial charge in [0.2, 0.25) is 11.8 Å². The first kappa shape index (κ1) is 15.9. The summed E-state index contributed by atoms with van der Waals surface area (Å²) >= 11 is 0. The molecule has 1 atom stereocenters. The average molecular weight is 286 g/mol. The molecule has 0 saturated carbocycles. The van der Waals surface area contributed by atoms with Gasteiger partial charge in [0.25, 0.3) is 0 Å². The van der Waals surface area contributed by atoms with Gasteiger partial charge in [-0.15, -0.1) is 0 Å². The van der Waals surface area contributed by atoms with E-state index in [4.69, 9.17) is 5.11 Å². The maximum Gasteiger partial charge on any atom is 0.326 e. The first-order chi connectivity index (χ1) is 9.43. The quantitative estimate of drug-likeness (QED) is 0.588. The van der Waals surface area contributed by atoms with E-state index in [2.05, 4.69) is 10.1 Å². The Hall–Kier alpha value is -2.12. The molecule has 112 valence electrons. The van der Waals surface area contributed by atoms with Crippen LogP contribution in [0.4, 0.5) is 0 Å². The van der Waals surface area contributed by atoms with E-state index < -0.39 is 23.9 Å². The van der Waals surface area contributed by atoms with E-state index in [0.29, 0.717) is 19.4 Å². The van der Waals surface area contributed by atoms with Gasteiger partial charge < -0.3 is 20.1 Å². The van der Waals surface area contributed by atoms with Crippen molar-refractivity contribution in [3.8, 4) is 0 Å². The molecule has 1 fully saturated rings. The Kier molecular flexibility index (Phi) is 5.95. The fourth-order valence-corrected chi connectivity index (χ4v) is 1.91. The van der Waals surface area contributed by atoms with Crippen molar-refractivity contribution in [2.24, 2.45) is 0 Å². The van der Waals surface area contributed by atoms with Crippen molar-refractivity contribution in [1.82, 2.24) is 10.2 Å². The number of hydrogen-bond acceptors (Lipinski definition) is 5. The van der Waals surface area contributed by atoms with Crippen molar-refractivity contribution < 1.29 is 29.0 Å². The summed E-state index contributed by atoms with van der Waals surface area (Å²) < 4.78 is 4.41. The van der Waals surface area contributed by atoms with Gasteiger partial charge in [-0.05, 0) is 12.8 Å². The number of ether oxygens (including phenoxy) is 1. The largest absolute Gasteiger partial charge is 0.480 e. The molecule has 0 radical (unpaired) electrons. The SMILES string of the molecule is COC(=O)CC[C@H](NC(=O)CN1CCCC1=O)C(=O)O. The summed E-state index contributed by atoms with van der Waals surface area (Å²) in [5.41, 5.74) is 0. The number of amides is 2. The Bertz CT molecular complexity index is 409. The Balaban J connectivity index is 2.44. The van der Waals surface area contributed by atoms with Crippen LogP contribution in [0.3, 0.4) is 0 Å². The Morgan fingerprint density at radius 1 is 1.45 bits per heavy atom. The predicted octanol–water partition coefficient (Wildman–Crippen LogP) is -0.869. The molecule has 0 spiro atoms. The molecule has 8 nitrogen and oxygen atoms in total. The number of carbonyl (C=O) groups is 4. The number of carboxylic acids is 1. The number of nitrogens with zero attached hydrogens (tertiary/aromatic N) is 1. The summed E-state index contributed by atoms with van der Waals surface area (Å²) in [4.78, 5) is 46.4. The van der Waals surface area contributed by atoms with E-state index in [0.717, 1.165) is 0 Å². The third-order valence-corrected chi connectivity index (χ3v) is 3.00. The molecule has 2 amide bonds. The predicted molar refractivity (Wildman–Crippen MR) is 66.6 cm³/mol. The van der Waals surface area contributed by atoms with Crippen LogP contribution in [-0.2, 0) is 23.9 Å². The van der Waals surface area contributed by atoms with Crippen LogP contribution in [0.25, 0.3) is 0 Å². The number of nitrogens with one attached hydrogen (secondary N) is 1. The van der Waals surface area contributed by atoms with Gasteiger partial charge >= 0.3 is 11.9 Å². The number of aliphatic carboxylic acids is 1. The van der Waals surface area contributed by atoms with Gasteiger partial charge in [0.05, 0.1) is 13.7 Å². The third kappa shape index (κ3) is 4.87. The van der Waals surface area contributed by atoms with Crippen molar-refractivity contribution in [2.75, 3.05) is 20.2 Å². The van der Waals surface area contributed by atoms with Gasteiger partial charge in [0.1, 0.15) is 6.04 Å². The molecule has 1 heterocycles. The lowest BCUT2D eigenvalue weighted by Gasteiger charge is -2.18. The number of hydrogen-bond donors (Lipinski definition) is 2. The molecule has 2 N–H and O–H groups in total. The lowest BCUT2D eigenvalue weighted by atomic mass is 10.1. The van der Waals surface area contributed by atoms with Crippen LogP contribution in [0.1, 0.15) is 25.7 Å². The lowest BCUT2D eigenvalue weighted by Crippen LogP contribution is -2.46. The van der Waals surface area contributed by atoms with E-state index in [1.165, 1.54) is 12.0 Å². The number of esters is 1. The van der Waals surface area contributed by atoms with Gasteiger partial charge in [-0.2, -0.15) is 0 Å². The third-order valence-electron chi connectivity index (χ3n) is 3.00. The first-order valence-corrected chi connectivity index (χ1v) is 6.30. The molecular weight excluding hydrogens is 268 g/mol. The van der Waals surface area contributed by atoms with E-state index in [1.807, 2.05) is 0 Å². The molecule has 0 bridgehead atoms. The monoisotopic (exact) mass is 286 g/mol. The number of methoxy groups -OCH3 is 1. The summed E-state index contributed by atoms with van der Waals surface area (Å²) in [5, 5.41) is 11.3. The lowest BCUT2D eigenvalue weighted by molar-refractivity contribution is -0.144. The zero-order chi connectivity index (χ0) is 15.1. The smallest absolute Gasteiger partial charge is 0.326 e. The summed E-state index contributed by atoms with van der Waals surface area (Å²) in [7, 11) is 1.20. The number of carboxylic acid groups (broad SMARTS) is 1. The number of rotatable bonds is 7. The molecule has 0 unspecified atom stereocenters. The zero-order valence-corrected chi connectivity index (χ0v) is 11.3. The van der Waals surface area contributed by atoms with Crippen molar-refractivity contribution >= 4 is 23.8 Å². The van der Waals surface area contributed by atoms with E-state index in [-0.39, 0.29) is 25.3 Å². The van der Waals surface area contributed by atoms with E-state index in [1.54, 1.807) is 0 Å². The molecule has 8 heteroatoms. The Labute approximate surface area is 116 Å². The Morgan fingerprint density at radius 3 is 2.65 bits per heavy atom. The van der Waals surface area contributed by atoms with Crippen LogP contribution in [0.2, 0.25) is 0 Å². The van der Waals surface area contributed by atoms with Crippen molar-refractivity contribution in [1.29, 1.82) is 0 Å². The standard InChI is InChI=1S/C12H18N2O6/c1-20-11(17)5-4-8(12(18)19)13-9(15)7-14-6-2-3-10(14)16/h8H,2-7H2,1H3,(H,13,15)(H,18,19)/t8-/m0/s1. The fraction of sp³-hybridized carbons (Fsp3) is 0.667. The first-order valence-electron chi connectivity index (χ1n) is 6.30. The van der Waals surface area contributed by atoms with Crippen LogP contribution < -0.4 is 5.32 Å². The van der Waals surface area contributed by atoms with Crippen LogP contribution in [0, 0.1) is 0 Å². The summed E-state index contributed by atoms with van der Waals surface area (Å²) in [5.74, 6) is -2.42. The van der Waals surface area contributed by atoms with Gasteiger partial charge in [0.15, 0.2) is 0 Å². The zero-order valence-electron chi connectivity index (χ0n) is 11.3. The highest BCUT2D eigenvalue weighted by atomic mass is 16.5. The number of carbonyl (C=O) groups excluding carboxylic acids is 3. The van der Waals surface area contributed by atoms with Gasteiger partial charge in [-0.1, -0.05) is 0 Å². The molecule has 0 aromatic carbocycles. The molecular formula is C12H18N2O6. The van der Waals surface area contributed by atoms with Crippen LogP contribution in [-0.4, -0.2) is 60.0 Å². The van der Waals surface area contributed by atoms with Crippen LogP contribution in [0.15, 0.2) is 0 Å². The maximum atomic E-state index is 11.7. The summed E-state index contributed by atoms with van der Waals surface area (Å²) in [6.07, 6.45) is 0.965. The molecule has 1 saturated heterocycles. The van der Waals surface area contributed by atoms with E-state index >= 15 is 0 Å². The molecule has 0 aromatic heterocycles. The minimum absolute atomic E-state index is 0.0539. The van der Waals surface area contributed by atoms with Crippen LogP contribution in [0.5, 0.6) is 0 Å². The molecule has 1 aliphatic heterocycles. The highest BCUT2D eigenvalue weighted by Crippen LogP contribution is 2.08. The van der Waals surface area contributed by atoms with Crippen LogP contribution >= 0.6 is 0 Å². The minimum atomic E-state index is -1.23. The van der Waals surface area contributed by atoms with Crippen molar-refractivity contribution in [3.05, 3.63) is 0 Å².